The van der Waals surface area contributed by atoms with Gasteiger partial charge in [-0.1, -0.05) is 36.4 Å². The lowest BCUT2D eigenvalue weighted by molar-refractivity contribution is 0.104. The maximum Gasteiger partial charge on any atom is 0.186 e. The van der Waals surface area contributed by atoms with E-state index in [0.717, 1.165) is 40.1 Å². The number of rotatable bonds is 10. The van der Waals surface area contributed by atoms with E-state index in [1.54, 1.807) is 12.3 Å². The third-order valence-corrected chi connectivity index (χ3v) is 4.98. The monoisotopic (exact) mass is 429 g/mol. The molecule has 3 rings (SSSR count). The number of pyridine rings is 1. The molecule has 0 aliphatic heterocycles. The van der Waals surface area contributed by atoms with Gasteiger partial charge in [0, 0.05) is 42.2 Å². The van der Waals surface area contributed by atoms with Crippen LogP contribution in [0.2, 0.25) is 0 Å². The van der Waals surface area contributed by atoms with Crippen LogP contribution in [0.25, 0.3) is 17.2 Å². The number of ketones is 1. The summed E-state index contributed by atoms with van der Waals surface area (Å²) in [6, 6.07) is 17.7. The van der Waals surface area contributed by atoms with Crippen molar-refractivity contribution < 1.29 is 9.53 Å². The van der Waals surface area contributed by atoms with Crippen LogP contribution in [-0.4, -0.2) is 61.9 Å². The Labute approximate surface area is 191 Å². The molecular formula is C27H31N3O2. The predicted molar refractivity (Wildman–Crippen MR) is 131 cm³/mol. The lowest BCUT2D eigenvalue weighted by Gasteiger charge is -2.14. The Bertz CT molecular complexity index is 1060. The summed E-state index contributed by atoms with van der Waals surface area (Å²) in [4.78, 5) is 21.4. The number of hydrogen-bond donors (Lipinski definition) is 0. The molecule has 32 heavy (non-hydrogen) atoms. The number of carbonyl (C=O) groups is 1. The summed E-state index contributed by atoms with van der Waals surface area (Å²) in [6.07, 6.45) is 7.07. The van der Waals surface area contributed by atoms with E-state index in [9.17, 15) is 4.79 Å². The molecule has 166 valence electrons. The van der Waals surface area contributed by atoms with Crippen LogP contribution in [0.5, 0.6) is 5.75 Å². The summed E-state index contributed by atoms with van der Waals surface area (Å²) in [5.41, 5.74) is 4.64. The first-order valence-electron chi connectivity index (χ1n) is 10.7. The van der Waals surface area contributed by atoms with E-state index in [0.29, 0.717) is 13.2 Å². The van der Waals surface area contributed by atoms with Crippen molar-refractivity contribution in [3.8, 4) is 16.9 Å². The maximum absolute atomic E-state index is 13.0. The van der Waals surface area contributed by atoms with Gasteiger partial charge < -0.3 is 14.5 Å². The molecule has 0 aliphatic carbocycles. The Kier molecular flexibility index (Phi) is 8.31. The molecule has 0 fully saturated rings. The Morgan fingerprint density at radius 2 is 1.78 bits per heavy atom. The number of ether oxygens (including phenoxy) is 1. The second-order valence-corrected chi connectivity index (χ2v) is 8.24. The van der Waals surface area contributed by atoms with Crippen LogP contribution in [0.1, 0.15) is 21.5 Å². The Morgan fingerprint density at radius 3 is 2.50 bits per heavy atom. The summed E-state index contributed by atoms with van der Waals surface area (Å²) in [5.74, 6) is 0.735. The third kappa shape index (κ3) is 6.61. The summed E-state index contributed by atoms with van der Waals surface area (Å²) in [7, 11) is 8.02. The molecule has 0 radical (unpaired) electrons. The van der Waals surface area contributed by atoms with Gasteiger partial charge in [-0.2, -0.15) is 0 Å². The third-order valence-electron chi connectivity index (χ3n) is 4.98. The molecule has 0 aliphatic rings. The highest BCUT2D eigenvalue weighted by Gasteiger charge is 2.10. The lowest BCUT2D eigenvalue weighted by atomic mass is 10.0. The van der Waals surface area contributed by atoms with Crippen molar-refractivity contribution in [1.82, 2.24) is 14.8 Å². The van der Waals surface area contributed by atoms with Gasteiger partial charge in [0.2, 0.25) is 0 Å². The van der Waals surface area contributed by atoms with E-state index in [-0.39, 0.29) is 5.78 Å². The van der Waals surface area contributed by atoms with Crippen LogP contribution in [0.15, 0.2) is 73.1 Å². The van der Waals surface area contributed by atoms with Crippen molar-refractivity contribution in [2.75, 3.05) is 41.3 Å². The molecule has 1 aromatic heterocycles. The zero-order valence-corrected chi connectivity index (χ0v) is 19.3. The molecule has 0 saturated carbocycles. The lowest BCUT2D eigenvalue weighted by Crippen LogP contribution is -2.19. The summed E-state index contributed by atoms with van der Waals surface area (Å²) < 4.78 is 6.03. The molecular weight excluding hydrogens is 398 g/mol. The fourth-order valence-corrected chi connectivity index (χ4v) is 3.36. The predicted octanol–water partition coefficient (Wildman–Crippen LogP) is 4.65. The smallest absolute Gasteiger partial charge is 0.186 e. The van der Waals surface area contributed by atoms with E-state index in [2.05, 4.69) is 14.8 Å². The topological polar surface area (TPSA) is 45.7 Å². The molecule has 0 bridgehead atoms. The average molecular weight is 430 g/mol. The Balaban J connectivity index is 1.90. The fourth-order valence-electron chi connectivity index (χ4n) is 3.36. The van der Waals surface area contributed by atoms with Gasteiger partial charge in [0.1, 0.15) is 12.4 Å². The molecule has 0 atom stereocenters. The SMILES string of the molecule is CN(C)CCOc1ccc(-c2cccnc2)cc1C=CC(=O)c1ccccc1CN(C)C. The van der Waals surface area contributed by atoms with E-state index in [1.807, 2.05) is 95.1 Å². The minimum Gasteiger partial charge on any atom is -0.492 e. The second kappa shape index (κ2) is 11.4. The molecule has 5 nitrogen and oxygen atoms in total. The number of hydrogen-bond acceptors (Lipinski definition) is 5. The quantitative estimate of drug-likeness (QED) is 0.347. The van der Waals surface area contributed by atoms with Crippen LogP contribution in [0, 0.1) is 0 Å². The molecule has 0 saturated heterocycles. The number of nitrogens with zero attached hydrogens (tertiary/aromatic N) is 3. The van der Waals surface area contributed by atoms with Gasteiger partial charge in [0.15, 0.2) is 5.78 Å². The second-order valence-electron chi connectivity index (χ2n) is 8.24. The number of carbonyl (C=O) groups excluding carboxylic acids is 1. The van der Waals surface area contributed by atoms with Crippen LogP contribution in [0.3, 0.4) is 0 Å². The van der Waals surface area contributed by atoms with E-state index >= 15 is 0 Å². The van der Waals surface area contributed by atoms with Gasteiger partial charge in [-0.05, 0) is 69.7 Å². The first-order chi connectivity index (χ1) is 15.4. The highest BCUT2D eigenvalue weighted by Crippen LogP contribution is 2.28. The van der Waals surface area contributed by atoms with Crippen molar-refractivity contribution in [3.05, 3.63) is 89.8 Å². The summed E-state index contributed by atoms with van der Waals surface area (Å²) >= 11 is 0. The van der Waals surface area contributed by atoms with Crippen molar-refractivity contribution in [3.63, 3.8) is 0 Å². The first kappa shape index (κ1) is 23.4. The van der Waals surface area contributed by atoms with Gasteiger partial charge in [0.05, 0.1) is 0 Å². The number of aromatic nitrogens is 1. The van der Waals surface area contributed by atoms with Crippen molar-refractivity contribution in [2.45, 2.75) is 6.54 Å². The van der Waals surface area contributed by atoms with Gasteiger partial charge in [-0.3, -0.25) is 9.78 Å². The molecule has 0 unspecified atom stereocenters. The number of allylic oxidation sites excluding steroid dienone is 1. The van der Waals surface area contributed by atoms with Crippen molar-refractivity contribution in [1.29, 1.82) is 0 Å². The fraction of sp³-hybridized carbons (Fsp3) is 0.259. The molecule has 2 aromatic carbocycles. The molecule has 5 heteroatoms. The van der Waals surface area contributed by atoms with E-state index < -0.39 is 0 Å². The zero-order valence-electron chi connectivity index (χ0n) is 19.3. The van der Waals surface area contributed by atoms with E-state index in [4.69, 9.17) is 4.74 Å². The highest BCUT2D eigenvalue weighted by atomic mass is 16.5. The van der Waals surface area contributed by atoms with E-state index in [1.165, 1.54) is 0 Å². The standard InChI is InChI=1S/C27H31N3O2/c1-29(2)16-17-32-27-14-12-21(23-9-7-15-28-19-23)18-22(27)11-13-26(31)25-10-6-5-8-24(25)20-30(3)4/h5-15,18-19H,16-17,20H2,1-4H3. The maximum atomic E-state index is 13.0. The molecule has 0 amide bonds. The van der Waals surface area contributed by atoms with Crippen LogP contribution in [-0.2, 0) is 6.54 Å². The summed E-state index contributed by atoms with van der Waals surface area (Å²) in [6.45, 7) is 2.09. The minimum absolute atomic E-state index is 0.0199. The normalized spacial score (nSPS) is 11.4. The molecule has 3 aromatic rings. The van der Waals surface area contributed by atoms with Crippen LogP contribution >= 0.6 is 0 Å². The zero-order chi connectivity index (χ0) is 22.9. The highest BCUT2D eigenvalue weighted by molar-refractivity contribution is 6.08. The summed E-state index contributed by atoms with van der Waals surface area (Å²) in [5, 5.41) is 0. The largest absolute Gasteiger partial charge is 0.492 e. The molecule has 1 heterocycles. The van der Waals surface area contributed by atoms with Crippen molar-refractivity contribution in [2.24, 2.45) is 0 Å². The van der Waals surface area contributed by atoms with Crippen molar-refractivity contribution >= 4 is 11.9 Å². The molecule has 0 N–H and O–H groups in total. The van der Waals surface area contributed by atoms with Crippen LogP contribution < -0.4 is 4.74 Å². The number of likely N-dealkylation sites (N-methyl/N-ethyl adjacent to an activating group) is 1. The first-order valence-corrected chi connectivity index (χ1v) is 10.7. The van der Waals surface area contributed by atoms with Crippen LogP contribution in [0.4, 0.5) is 0 Å². The van der Waals surface area contributed by atoms with Gasteiger partial charge >= 0.3 is 0 Å². The minimum atomic E-state index is -0.0199. The van der Waals surface area contributed by atoms with Gasteiger partial charge in [0.25, 0.3) is 0 Å². The molecule has 0 spiro atoms. The average Bonchev–Trinajstić information content (AvgIpc) is 2.78. The van der Waals surface area contributed by atoms with Gasteiger partial charge in [-0.15, -0.1) is 0 Å². The Morgan fingerprint density at radius 1 is 0.969 bits per heavy atom. The van der Waals surface area contributed by atoms with Gasteiger partial charge in [-0.25, -0.2) is 0 Å². The Hall–Kier alpha value is -3.28. The number of benzene rings is 2.